The van der Waals surface area contributed by atoms with Gasteiger partial charge in [0.05, 0.1) is 23.5 Å². The van der Waals surface area contributed by atoms with Crippen LogP contribution in [-0.4, -0.2) is 35.0 Å². The van der Waals surface area contributed by atoms with Gasteiger partial charge in [0.15, 0.2) is 0 Å². The first kappa shape index (κ1) is 20.2. The highest BCUT2D eigenvalue weighted by molar-refractivity contribution is 7.21. The molecule has 1 unspecified atom stereocenters. The van der Waals surface area contributed by atoms with Crippen molar-refractivity contribution in [3.05, 3.63) is 34.2 Å². The predicted molar refractivity (Wildman–Crippen MR) is 103 cm³/mol. The van der Waals surface area contributed by atoms with Crippen molar-refractivity contribution in [1.29, 1.82) is 0 Å². The second-order valence-electron chi connectivity index (χ2n) is 6.61. The molecule has 0 saturated heterocycles. The van der Waals surface area contributed by atoms with Gasteiger partial charge in [-0.3, -0.25) is 14.4 Å². The molecule has 0 aliphatic rings. The smallest absolute Gasteiger partial charge is 0.305 e. The van der Waals surface area contributed by atoms with Crippen LogP contribution in [0, 0.1) is 5.92 Å². The lowest BCUT2D eigenvalue weighted by Crippen LogP contribution is -2.53. The lowest BCUT2D eigenvalue weighted by Gasteiger charge is -2.33. The summed E-state index contributed by atoms with van der Waals surface area (Å²) in [4.78, 5) is 35.9. The Kier molecular flexibility index (Phi) is 6.26. The molecular weight excluding hydrogens is 376 g/mol. The van der Waals surface area contributed by atoms with Gasteiger partial charge in [0.1, 0.15) is 4.88 Å². The Bertz CT molecular complexity index is 849. The van der Waals surface area contributed by atoms with Crippen molar-refractivity contribution in [2.45, 2.75) is 32.7 Å². The first-order valence-corrected chi connectivity index (χ1v) is 9.31. The molecule has 2 aromatic rings. The van der Waals surface area contributed by atoms with Crippen molar-refractivity contribution >= 4 is 50.8 Å². The molecule has 0 aliphatic carbocycles. The van der Waals surface area contributed by atoms with Gasteiger partial charge in [0.2, 0.25) is 5.91 Å². The summed E-state index contributed by atoms with van der Waals surface area (Å²) in [7, 11) is 0. The minimum Gasteiger partial charge on any atom is -0.481 e. The fraction of sp³-hybridized carbons (Fsp3) is 0.389. The van der Waals surface area contributed by atoms with Crippen molar-refractivity contribution in [2.24, 2.45) is 5.92 Å². The lowest BCUT2D eigenvalue weighted by atomic mass is 9.85. The Morgan fingerprint density at radius 2 is 1.92 bits per heavy atom. The molecule has 0 radical (unpaired) electrons. The number of amides is 2. The van der Waals surface area contributed by atoms with E-state index in [0.29, 0.717) is 9.90 Å². The average molecular weight is 397 g/mol. The number of hydrogen-bond acceptors (Lipinski definition) is 4. The van der Waals surface area contributed by atoms with Crippen LogP contribution in [0.5, 0.6) is 0 Å². The molecule has 6 nitrogen and oxygen atoms in total. The Balaban J connectivity index is 2.02. The lowest BCUT2D eigenvalue weighted by molar-refractivity contribution is -0.139. The van der Waals surface area contributed by atoms with Gasteiger partial charge in [-0.2, -0.15) is 0 Å². The number of aliphatic carboxylic acids is 1. The van der Waals surface area contributed by atoms with Crippen molar-refractivity contribution in [1.82, 2.24) is 10.6 Å². The molecule has 0 fully saturated rings. The van der Waals surface area contributed by atoms with Crippen LogP contribution < -0.4 is 10.6 Å². The van der Waals surface area contributed by atoms with E-state index in [1.165, 1.54) is 11.3 Å². The van der Waals surface area contributed by atoms with Gasteiger partial charge < -0.3 is 15.7 Å². The van der Waals surface area contributed by atoms with Gasteiger partial charge in [0, 0.05) is 10.1 Å². The molecule has 2 amide bonds. The normalized spacial score (nSPS) is 13.4. The van der Waals surface area contributed by atoms with E-state index >= 15 is 0 Å². The van der Waals surface area contributed by atoms with Gasteiger partial charge >= 0.3 is 5.97 Å². The van der Waals surface area contributed by atoms with Crippen LogP contribution in [0.25, 0.3) is 10.1 Å². The number of carboxylic acids is 1. The van der Waals surface area contributed by atoms with Gasteiger partial charge in [-0.05, 0) is 18.9 Å². The van der Waals surface area contributed by atoms with Crippen molar-refractivity contribution in [2.75, 3.05) is 6.54 Å². The minimum atomic E-state index is -0.998. The molecule has 1 atom stereocenters. The fourth-order valence-corrected chi connectivity index (χ4v) is 3.90. The number of halogens is 1. The SMILES string of the molecule is CC(C)C(C)(CC(=O)O)NC(=O)CNC(=O)c1sc2ccccc2c1Cl. The van der Waals surface area contributed by atoms with Crippen LogP contribution in [-0.2, 0) is 9.59 Å². The van der Waals surface area contributed by atoms with Crippen molar-refractivity contribution in [3.8, 4) is 0 Å². The molecule has 26 heavy (non-hydrogen) atoms. The second-order valence-corrected chi connectivity index (χ2v) is 8.05. The maximum Gasteiger partial charge on any atom is 0.305 e. The molecule has 0 aliphatic heterocycles. The molecule has 1 aromatic heterocycles. The summed E-state index contributed by atoms with van der Waals surface area (Å²) < 4.78 is 0.890. The zero-order valence-corrected chi connectivity index (χ0v) is 16.3. The highest BCUT2D eigenvalue weighted by Crippen LogP contribution is 2.34. The number of carbonyl (C=O) groups is 3. The van der Waals surface area contributed by atoms with E-state index in [1.54, 1.807) is 6.92 Å². The Labute approximate surface area is 160 Å². The number of fused-ring (bicyclic) bond motifs is 1. The van der Waals surface area contributed by atoms with E-state index in [2.05, 4.69) is 10.6 Å². The summed E-state index contributed by atoms with van der Waals surface area (Å²) in [6.07, 6.45) is -0.202. The van der Waals surface area contributed by atoms with E-state index in [9.17, 15) is 14.4 Å². The van der Waals surface area contributed by atoms with Gasteiger partial charge in [-0.1, -0.05) is 43.6 Å². The summed E-state index contributed by atoms with van der Waals surface area (Å²) in [6, 6.07) is 7.40. The third kappa shape index (κ3) is 4.53. The summed E-state index contributed by atoms with van der Waals surface area (Å²) >= 11 is 7.51. The molecule has 8 heteroatoms. The average Bonchev–Trinajstić information content (AvgIpc) is 2.89. The monoisotopic (exact) mass is 396 g/mol. The van der Waals surface area contributed by atoms with E-state index in [4.69, 9.17) is 16.7 Å². The molecule has 2 rings (SSSR count). The van der Waals surface area contributed by atoms with Gasteiger partial charge in [0.25, 0.3) is 5.91 Å². The molecule has 0 bridgehead atoms. The van der Waals surface area contributed by atoms with Crippen molar-refractivity contribution < 1.29 is 19.5 Å². The third-order valence-corrected chi connectivity index (χ3v) is 6.04. The molecule has 1 aromatic carbocycles. The predicted octanol–water partition coefficient (Wildman–Crippen LogP) is 3.29. The standard InChI is InChI=1S/C18H21ClN2O4S/c1-10(2)18(3,8-14(23)24)21-13(22)9-20-17(25)16-15(19)11-6-4-5-7-12(11)26-16/h4-7,10H,8-9H2,1-3H3,(H,20,25)(H,21,22)(H,23,24). The highest BCUT2D eigenvalue weighted by atomic mass is 35.5. The number of thiophene rings is 1. The maximum absolute atomic E-state index is 12.4. The summed E-state index contributed by atoms with van der Waals surface area (Å²) in [5, 5.41) is 15.5. The van der Waals surface area contributed by atoms with E-state index in [1.807, 2.05) is 38.1 Å². The Hall–Kier alpha value is -2.12. The van der Waals surface area contributed by atoms with E-state index < -0.39 is 23.3 Å². The molecule has 1 heterocycles. The maximum atomic E-state index is 12.4. The van der Waals surface area contributed by atoms with E-state index in [-0.39, 0.29) is 18.9 Å². The zero-order valence-electron chi connectivity index (χ0n) is 14.8. The number of carbonyl (C=O) groups excluding carboxylic acids is 2. The Morgan fingerprint density at radius 1 is 1.27 bits per heavy atom. The van der Waals surface area contributed by atoms with Gasteiger partial charge in [-0.25, -0.2) is 0 Å². The molecule has 0 spiro atoms. The Morgan fingerprint density at radius 3 is 2.50 bits per heavy atom. The molecular formula is C18H21ClN2O4S. The topological polar surface area (TPSA) is 95.5 Å². The highest BCUT2D eigenvalue weighted by Gasteiger charge is 2.32. The number of hydrogen-bond donors (Lipinski definition) is 3. The van der Waals surface area contributed by atoms with Crippen LogP contribution in [0.15, 0.2) is 24.3 Å². The van der Waals surface area contributed by atoms with Crippen LogP contribution >= 0.6 is 22.9 Å². The number of carboxylic acid groups (broad SMARTS) is 1. The van der Waals surface area contributed by atoms with Gasteiger partial charge in [-0.15, -0.1) is 11.3 Å². The fourth-order valence-electron chi connectivity index (χ4n) is 2.47. The van der Waals surface area contributed by atoms with Crippen LogP contribution in [0.1, 0.15) is 36.9 Å². The van der Waals surface area contributed by atoms with Crippen LogP contribution in [0.4, 0.5) is 0 Å². The van der Waals surface area contributed by atoms with Crippen LogP contribution in [0.3, 0.4) is 0 Å². The summed E-state index contributed by atoms with van der Waals surface area (Å²) in [5.41, 5.74) is -0.900. The summed E-state index contributed by atoms with van der Waals surface area (Å²) in [6.45, 7) is 5.08. The van der Waals surface area contributed by atoms with Crippen molar-refractivity contribution in [3.63, 3.8) is 0 Å². The largest absolute Gasteiger partial charge is 0.481 e. The molecule has 3 N–H and O–H groups in total. The van der Waals surface area contributed by atoms with Crippen LogP contribution in [0.2, 0.25) is 5.02 Å². The molecule has 0 saturated carbocycles. The first-order valence-electron chi connectivity index (χ1n) is 8.12. The van der Waals surface area contributed by atoms with E-state index in [0.717, 1.165) is 10.1 Å². The second kappa shape index (κ2) is 8.05. The summed E-state index contributed by atoms with van der Waals surface area (Å²) in [5.74, 6) is -1.97. The quantitative estimate of drug-likeness (QED) is 0.669. The number of nitrogens with one attached hydrogen (secondary N) is 2. The number of rotatable bonds is 7. The number of benzene rings is 1. The first-order chi connectivity index (χ1) is 12.1. The third-order valence-electron chi connectivity index (χ3n) is 4.37. The zero-order chi connectivity index (χ0) is 19.5. The molecule has 140 valence electrons. The minimum absolute atomic E-state index is 0.0877.